The van der Waals surface area contributed by atoms with Crippen molar-refractivity contribution in [2.75, 3.05) is 20.3 Å². The number of aromatic nitrogens is 2. The first-order chi connectivity index (χ1) is 9.85. The van der Waals surface area contributed by atoms with Gasteiger partial charge in [0.1, 0.15) is 5.69 Å². The van der Waals surface area contributed by atoms with E-state index in [1.807, 2.05) is 0 Å². The highest BCUT2D eigenvalue weighted by Gasteiger charge is 2.21. The van der Waals surface area contributed by atoms with Gasteiger partial charge in [0.2, 0.25) is 5.88 Å². The molecule has 112 valence electrons. The van der Waals surface area contributed by atoms with Gasteiger partial charge in [-0.05, 0) is 38.6 Å². The van der Waals surface area contributed by atoms with Crippen LogP contribution in [0.15, 0.2) is 12.4 Å². The van der Waals surface area contributed by atoms with Crippen molar-refractivity contribution in [3.05, 3.63) is 18.1 Å². The van der Waals surface area contributed by atoms with Gasteiger partial charge in [-0.2, -0.15) is 0 Å². The van der Waals surface area contributed by atoms with Gasteiger partial charge in [0.25, 0.3) is 0 Å². The Morgan fingerprint density at radius 2 is 2.25 bits per heavy atom. The largest absolute Gasteiger partial charge is 0.480 e. The normalized spacial score (nSPS) is 20.6. The van der Waals surface area contributed by atoms with Crippen LogP contribution < -0.4 is 10.1 Å². The van der Waals surface area contributed by atoms with E-state index in [4.69, 9.17) is 9.47 Å². The molecule has 1 aromatic rings. The zero-order chi connectivity index (χ0) is 14.2. The van der Waals surface area contributed by atoms with Gasteiger partial charge < -0.3 is 14.8 Å². The molecule has 2 unspecified atom stereocenters. The Hall–Kier alpha value is -1.20. The molecule has 1 aromatic heterocycles. The molecule has 5 nitrogen and oxygen atoms in total. The van der Waals surface area contributed by atoms with Crippen LogP contribution in [0.1, 0.15) is 50.8 Å². The van der Waals surface area contributed by atoms with E-state index < -0.39 is 0 Å². The van der Waals surface area contributed by atoms with E-state index in [1.165, 1.54) is 19.3 Å². The van der Waals surface area contributed by atoms with Crippen molar-refractivity contribution in [1.29, 1.82) is 0 Å². The molecule has 0 amide bonds. The molecule has 2 rings (SSSR count). The summed E-state index contributed by atoms with van der Waals surface area (Å²) in [7, 11) is 1.64. The Balaban J connectivity index is 1.98. The molecule has 0 aromatic carbocycles. The standard InChI is InChI=1S/C15H25N3O2/c1-3-16-13(8-7-12-6-4-5-11-20-12)14-15(19-2)18-10-9-17-14/h9-10,12-13,16H,3-8,11H2,1-2H3. The summed E-state index contributed by atoms with van der Waals surface area (Å²) in [5, 5.41) is 3.48. The van der Waals surface area contributed by atoms with Crippen LogP contribution in [-0.4, -0.2) is 36.3 Å². The van der Waals surface area contributed by atoms with Gasteiger partial charge in [0, 0.05) is 19.0 Å². The van der Waals surface area contributed by atoms with Gasteiger partial charge >= 0.3 is 0 Å². The Morgan fingerprint density at radius 1 is 1.40 bits per heavy atom. The summed E-state index contributed by atoms with van der Waals surface area (Å²) in [6.45, 7) is 3.91. The number of hydrogen-bond donors (Lipinski definition) is 1. The summed E-state index contributed by atoms with van der Waals surface area (Å²) in [4.78, 5) is 8.68. The number of nitrogens with one attached hydrogen (secondary N) is 1. The summed E-state index contributed by atoms with van der Waals surface area (Å²) < 4.78 is 11.1. The summed E-state index contributed by atoms with van der Waals surface area (Å²) in [6, 6.07) is 0.175. The third-order valence-corrected chi connectivity index (χ3v) is 3.72. The maximum Gasteiger partial charge on any atom is 0.236 e. The minimum Gasteiger partial charge on any atom is -0.480 e. The van der Waals surface area contributed by atoms with Crippen LogP contribution in [0.4, 0.5) is 0 Å². The van der Waals surface area contributed by atoms with Crippen molar-refractivity contribution in [3.63, 3.8) is 0 Å². The molecule has 1 saturated heterocycles. The van der Waals surface area contributed by atoms with Crippen LogP contribution in [0, 0.1) is 0 Å². The first-order valence-electron chi connectivity index (χ1n) is 7.55. The lowest BCUT2D eigenvalue weighted by Gasteiger charge is -2.25. The lowest BCUT2D eigenvalue weighted by Crippen LogP contribution is -2.26. The highest BCUT2D eigenvalue weighted by molar-refractivity contribution is 5.21. The Morgan fingerprint density at radius 3 is 2.95 bits per heavy atom. The second-order valence-corrected chi connectivity index (χ2v) is 5.13. The Kier molecular flexibility index (Phi) is 6.21. The fourth-order valence-electron chi connectivity index (χ4n) is 2.70. The van der Waals surface area contributed by atoms with Gasteiger partial charge in [-0.25, -0.2) is 4.98 Å². The average molecular weight is 279 g/mol. The molecule has 1 N–H and O–H groups in total. The van der Waals surface area contributed by atoms with E-state index in [0.29, 0.717) is 12.0 Å². The zero-order valence-electron chi connectivity index (χ0n) is 12.5. The smallest absolute Gasteiger partial charge is 0.236 e. The molecule has 1 fully saturated rings. The lowest BCUT2D eigenvalue weighted by molar-refractivity contribution is 0.00845. The summed E-state index contributed by atoms with van der Waals surface area (Å²) in [5.74, 6) is 0.614. The van der Waals surface area contributed by atoms with Crippen molar-refractivity contribution in [2.45, 2.75) is 51.2 Å². The van der Waals surface area contributed by atoms with Crippen molar-refractivity contribution >= 4 is 0 Å². The number of ether oxygens (including phenoxy) is 2. The first kappa shape index (κ1) is 15.2. The topological polar surface area (TPSA) is 56.3 Å². The maximum absolute atomic E-state index is 5.80. The molecule has 0 aliphatic carbocycles. The fourth-order valence-corrected chi connectivity index (χ4v) is 2.70. The van der Waals surface area contributed by atoms with Crippen molar-refractivity contribution in [1.82, 2.24) is 15.3 Å². The second-order valence-electron chi connectivity index (χ2n) is 5.13. The van der Waals surface area contributed by atoms with Crippen LogP contribution in [0.3, 0.4) is 0 Å². The third-order valence-electron chi connectivity index (χ3n) is 3.72. The van der Waals surface area contributed by atoms with Gasteiger partial charge in [0.05, 0.1) is 19.3 Å². The van der Waals surface area contributed by atoms with Gasteiger partial charge in [0.15, 0.2) is 0 Å². The molecule has 1 aliphatic heterocycles. The van der Waals surface area contributed by atoms with Crippen LogP contribution in [0.5, 0.6) is 5.88 Å². The molecular formula is C15H25N3O2. The number of nitrogens with zero attached hydrogens (tertiary/aromatic N) is 2. The average Bonchev–Trinajstić information content (AvgIpc) is 2.52. The zero-order valence-corrected chi connectivity index (χ0v) is 12.5. The van der Waals surface area contributed by atoms with E-state index in [9.17, 15) is 0 Å². The van der Waals surface area contributed by atoms with Crippen LogP contribution in [-0.2, 0) is 4.74 Å². The molecule has 1 aliphatic rings. The van der Waals surface area contributed by atoms with E-state index in [-0.39, 0.29) is 6.04 Å². The number of hydrogen-bond acceptors (Lipinski definition) is 5. The summed E-state index contributed by atoms with van der Waals surface area (Å²) in [5.41, 5.74) is 0.896. The molecule has 0 radical (unpaired) electrons. The molecule has 20 heavy (non-hydrogen) atoms. The summed E-state index contributed by atoms with van der Waals surface area (Å²) in [6.07, 6.45) is 9.49. The molecule has 0 bridgehead atoms. The highest BCUT2D eigenvalue weighted by Crippen LogP contribution is 2.26. The monoisotopic (exact) mass is 279 g/mol. The predicted octanol–water partition coefficient (Wildman–Crippen LogP) is 2.49. The van der Waals surface area contributed by atoms with E-state index >= 15 is 0 Å². The Labute approximate surface area is 121 Å². The van der Waals surface area contributed by atoms with E-state index in [0.717, 1.165) is 31.7 Å². The number of methoxy groups -OCH3 is 1. The SMILES string of the molecule is CCNC(CCC1CCCCO1)c1nccnc1OC. The van der Waals surface area contributed by atoms with Crippen LogP contribution >= 0.6 is 0 Å². The Bertz CT molecular complexity index is 394. The quantitative estimate of drug-likeness (QED) is 0.831. The highest BCUT2D eigenvalue weighted by atomic mass is 16.5. The van der Waals surface area contributed by atoms with Gasteiger partial charge in [-0.1, -0.05) is 6.92 Å². The van der Waals surface area contributed by atoms with E-state index in [2.05, 4.69) is 22.2 Å². The van der Waals surface area contributed by atoms with Gasteiger partial charge in [-0.3, -0.25) is 4.98 Å². The van der Waals surface area contributed by atoms with Crippen LogP contribution in [0.2, 0.25) is 0 Å². The molecule has 5 heteroatoms. The fraction of sp³-hybridized carbons (Fsp3) is 0.733. The lowest BCUT2D eigenvalue weighted by atomic mass is 10.00. The number of rotatable bonds is 7. The second kappa shape index (κ2) is 8.17. The van der Waals surface area contributed by atoms with Crippen molar-refractivity contribution in [3.8, 4) is 5.88 Å². The molecular weight excluding hydrogens is 254 g/mol. The van der Waals surface area contributed by atoms with Crippen molar-refractivity contribution in [2.24, 2.45) is 0 Å². The predicted molar refractivity (Wildman–Crippen MR) is 77.8 cm³/mol. The molecule has 2 atom stereocenters. The molecule has 0 saturated carbocycles. The van der Waals surface area contributed by atoms with E-state index in [1.54, 1.807) is 19.5 Å². The minimum atomic E-state index is 0.175. The van der Waals surface area contributed by atoms with Gasteiger partial charge in [-0.15, -0.1) is 0 Å². The molecule has 0 spiro atoms. The summed E-state index contributed by atoms with van der Waals surface area (Å²) >= 11 is 0. The minimum absolute atomic E-state index is 0.175. The first-order valence-corrected chi connectivity index (χ1v) is 7.55. The molecule has 2 heterocycles. The van der Waals surface area contributed by atoms with Crippen LogP contribution in [0.25, 0.3) is 0 Å². The third kappa shape index (κ3) is 4.15. The van der Waals surface area contributed by atoms with Crippen molar-refractivity contribution < 1.29 is 9.47 Å². The maximum atomic E-state index is 5.80.